The number of thioether (sulfide) groups is 1. The van der Waals surface area contributed by atoms with Gasteiger partial charge in [-0.1, -0.05) is 43.8 Å². The second-order valence-corrected chi connectivity index (χ2v) is 8.85. The average molecular weight is 436 g/mol. The smallest absolute Gasteiger partial charge is 0.277 e. The molecule has 31 heavy (non-hydrogen) atoms. The molecular formula is C23H21N3O4S. The van der Waals surface area contributed by atoms with E-state index in [1.165, 1.54) is 17.3 Å². The number of benzene rings is 2. The zero-order valence-corrected chi connectivity index (χ0v) is 18.2. The first-order chi connectivity index (χ1) is 14.9. The first-order valence-corrected chi connectivity index (χ1v) is 10.9. The topological polar surface area (TPSA) is 77.7 Å². The Labute approximate surface area is 184 Å². The number of rotatable bonds is 5. The number of allylic oxidation sites excluding steroid dienone is 2. The summed E-state index contributed by atoms with van der Waals surface area (Å²) in [5, 5.41) is 8.49. The van der Waals surface area contributed by atoms with E-state index in [1.54, 1.807) is 12.1 Å². The standard InChI is InChI=1S/C23H21N3O4S/c1-23(2)16-6-4-5-7-17(16)26(3)20(23)11-15(27)12-31-22-25-24-21(30-22)14-8-9-18-19(10-14)29-13-28-18/h4-11H,12-13H2,1-3H3/b20-11-. The Bertz CT molecular complexity index is 1200. The molecule has 0 N–H and O–H groups in total. The molecule has 7 nitrogen and oxygen atoms in total. The number of fused-ring (bicyclic) bond motifs is 2. The summed E-state index contributed by atoms with van der Waals surface area (Å²) < 4.78 is 16.4. The van der Waals surface area contributed by atoms with Crippen molar-refractivity contribution in [1.82, 2.24) is 10.2 Å². The summed E-state index contributed by atoms with van der Waals surface area (Å²) in [6.45, 7) is 4.48. The molecule has 0 amide bonds. The second kappa shape index (κ2) is 7.46. The molecular weight excluding hydrogens is 414 g/mol. The highest BCUT2D eigenvalue weighted by Gasteiger charge is 2.38. The molecule has 0 saturated heterocycles. The quantitative estimate of drug-likeness (QED) is 0.430. The molecule has 1 aromatic heterocycles. The van der Waals surface area contributed by atoms with Crippen molar-refractivity contribution in [2.45, 2.75) is 24.5 Å². The molecule has 2 aromatic carbocycles. The van der Waals surface area contributed by atoms with Gasteiger partial charge in [0.1, 0.15) is 0 Å². The van der Waals surface area contributed by atoms with Crippen molar-refractivity contribution in [3.63, 3.8) is 0 Å². The number of likely N-dealkylation sites (N-methyl/N-ethyl adjacent to an activating group) is 1. The molecule has 0 saturated carbocycles. The fourth-order valence-corrected chi connectivity index (χ4v) is 4.59. The van der Waals surface area contributed by atoms with Crippen LogP contribution in [0.2, 0.25) is 0 Å². The maximum absolute atomic E-state index is 12.7. The van der Waals surface area contributed by atoms with Gasteiger partial charge in [-0.2, -0.15) is 0 Å². The highest BCUT2D eigenvalue weighted by molar-refractivity contribution is 7.99. The van der Waals surface area contributed by atoms with Gasteiger partial charge in [-0.3, -0.25) is 4.79 Å². The van der Waals surface area contributed by atoms with E-state index >= 15 is 0 Å². The van der Waals surface area contributed by atoms with E-state index in [9.17, 15) is 4.79 Å². The summed E-state index contributed by atoms with van der Waals surface area (Å²) in [4.78, 5) is 14.8. The third-order valence-electron chi connectivity index (χ3n) is 5.60. The molecule has 0 radical (unpaired) electrons. The van der Waals surface area contributed by atoms with Crippen molar-refractivity contribution in [2.24, 2.45) is 0 Å². The fourth-order valence-electron chi connectivity index (χ4n) is 4.00. The van der Waals surface area contributed by atoms with Crippen LogP contribution in [0.25, 0.3) is 11.5 Å². The number of ketones is 1. The lowest BCUT2D eigenvalue weighted by Crippen LogP contribution is -2.24. The van der Waals surface area contributed by atoms with Crippen molar-refractivity contribution in [2.75, 3.05) is 24.5 Å². The highest BCUT2D eigenvalue weighted by atomic mass is 32.2. The van der Waals surface area contributed by atoms with Crippen LogP contribution in [-0.2, 0) is 10.2 Å². The van der Waals surface area contributed by atoms with E-state index in [1.807, 2.05) is 31.3 Å². The van der Waals surface area contributed by atoms with Gasteiger partial charge < -0.3 is 18.8 Å². The average Bonchev–Trinajstić information content (AvgIpc) is 3.47. The maximum atomic E-state index is 12.7. The normalized spacial score (nSPS) is 17.3. The summed E-state index contributed by atoms with van der Waals surface area (Å²) in [6, 6.07) is 13.7. The molecule has 0 aliphatic carbocycles. The van der Waals surface area contributed by atoms with Crippen LogP contribution in [0, 0.1) is 0 Å². The van der Waals surface area contributed by atoms with Crippen LogP contribution in [0.15, 0.2) is 63.9 Å². The number of anilines is 1. The van der Waals surface area contributed by atoms with Crippen LogP contribution in [-0.4, -0.2) is 35.6 Å². The molecule has 8 heteroatoms. The van der Waals surface area contributed by atoms with Gasteiger partial charge in [0.2, 0.25) is 12.7 Å². The number of ether oxygens (including phenoxy) is 2. The minimum atomic E-state index is -0.233. The van der Waals surface area contributed by atoms with Gasteiger partial charge in [-0.15, -0.1) is 10.2 Å². The Morgan fingerprint density at radius 2 is 1.97 bits per heavy atom. The number of aromatic nitrogens is 2. The molecule has 3 heterocycles. The Morgan fingerprint density at radius 1 is 1.16 bits per heavy atom. The maximum Gasteiger partial charge on any atom is 0.277 e. The molecule has 0 spiro atoms. The predicted molar refractivity (Wildman–Crippen MR) is 118 cm³/mol. The van der Waals surface area contributed by atoms with Gasteiger partial charge in [-0.25, -0.2) is 0 Å². The van der Waals surface area contributed by atoms with E-state index in [4.69, 9.17) is 13.9 Å². The van der Waals surface area contributed by atoms with Crippen molar-refractivity contribution in [3.8, 4) is 23.0 Å². The predicted octanol–water partition coefficient (Wildman–Crippen LogP) is 4.44. The Kier molecular flexibility index (Phi) is 4.74. The zero-order valence-electron chi connectivity index (χ0n) is 17.4. The molecule has 2 aliphatic heterocycles. The molecule has 2 aliphatic rings. The Balaban J connectivity index is 1.28. The molecule has 0 fully saturated rings. The molecule has 5 rings (SSSR count). The van der Waals surface area contributed by atoms with E-state index in [0.29, 0.717) is 22.6 Å². The largest absolute Gasteiger partial charge is 0.454 e. The number of carbonyl (C=O) groups is 1. The van der Waals surface area contributed by atoms with Gasteiger partial charge in [0, 0.05) is 35.5 Å². The van der Waals surface area contributed by atoms with Crippen molar-refractivity contribution in [3.05, 3.63) is 59.8 Å². The first-order valence-electron chi connectivity index (χ1n) is 9.88. The van der Waals surface area contributed by atoms with E-state index in [-0.39, 0.29) is 23.7 Å². The lowest BCUT2D eigenvalue weighted by Gasteiger charge is -2.23. The highest BCUT2D eigenvalue weighted by Crippen LogP contribution is 2.46. The summed E-state index contributed by atoms with van der Waals surface area (Å²) in [6.07, 6.45) is 1.72. The van der Waals surface area contributed by atoms with Gasteiger partial charge >= 0.3 is 0 Å². The third-order valence-corrected chi connectivity index (χ3v) is 6.44. The van der Waals surface area contributed by atoms with Gasteiger partial charge in [0.25, 0.3) is 5.22 Å². The van der Waals surface area contributed by atoms with Crippen LogP contribution in [0.1, 0.15) is 19.4 Å². The molecule has 158 valence electrons. The van der Waals surface area contributed by atoms with E-state index < -0.39 is 0 Å². The number of hydrogen-bond acceptors (Lipinski definition) is 8. The summed E-state index contributed by atoms with van der Waals surface area (Å²) in [7, 11) is 2.00. The Morgan fingerprint density at radius 3 is 2.81 bits per heavy atom. The van der Waals surface area contributed by atoms with Crippen LogP contribution in [0.5, 0.6) is 11.5 Å². The van der Waals surface area contributed by atoms with Gasteiger partial charge in [0.05, 0.1) is 5.75 Å². The summed E-state index contributed by atoms with van der Waals surface area (Å²) >= 11 is 1.23. The van der Waals surface area contributed by atoms with E-state index in [2.05, 4.69) is 41.1 Å². The van der Waals surface area contributed by atoms with E-state index in [0.717, 1.165) is 16.9 Å². The lowest BCUT2D eigenvalue weighted by molar-refractivity contribution is -0.112. The number of para-hydroxylation sites is 1. The van der Waals surface area contributed by atoms with Gasteiger partial charge in [0.15, 0.2) is 17.3 Å². The third kappa shape index (κ3) is 3.46. The van der Waals surface area contributed by atoms with Crippen molar-refractivity contribution < 1.29 is 18.7 Å². The summed E-state index contributed by atoms with van der Waals surface area (Å²) in [5.41, 5.74) is 3.83. The van der Waals surface area contributed by atoms with Crippen LogP contribution >= 0.6 is 11.8 Å². The van der Waals surface area contributed by atoms with Crippen LogP contribution < -0.4 is 14.4 Å². The molecule has 3 aromatic rings. The SMILES string of the molecule is CN1/C(=C\C(=O)CSc2nnc(-c3ccc4c(c3)OCO4)o2)C(C)(C)c2ccccc21. The molecule has 0 bridgehead atoms. The zero-order chi connectivity index (χ0) is 21.6. The monoisotopic (exact) mass is 435 g/mol. The van der Waals surface area contributed by atoms with Crippen molar-refractivity contribution >= 4 is 23.2 Å². The van der Waals surface area contributed by atoms with Crippen molar-refractivity contribution in [1.29, 1.82) is 0 Å². The minimum Gasteiger partial charge on any atom is -0.454 e. The number of nitrogens with zero attached hydrogens (tertiary/aromatic N) is 3. The molecule has 0 unspecified atom stereocenters. The number of hydrogen-bond donors (Lipinski definition) is 0. The lowest BCUT2D eigenvalue weighted by atomic mass is 9.83. The first kappa shape index (κ1) is 19.7. The fraction of sp³-hybridized carbons (Fsp3) is 0.261. The van der Waals surface area contributed by atoms with Crippen LogP contribution in [0.3, 0.4) is 0 Å². The summed E-state index contributed by atoms with van der Waals surface area (Å²) in [5.74, 6) is 1.93. The Hall–Kier alpha value is -3.26. The van der Waals surface area contributed by atoms with Crippen LogP contribution in [0.4, 0.5) is 5.69 Å². The number of carbonyl (C=O) groups excluding carboxylic acids is 1. The second-order valence-electron chi connectivity index (χ2n) is 7.93. The van der Waals surface area contributed by atoms with Gasteiger partial charge in [-0.05, 0) is 29.8 Å². The molecule has 0 atom stereocenters. The minimum absolute atomic E-state index is 0.00411.